The lowest BCUT2D eigenvalue weighted by molar-refractivity contribution is 0.0945. The molecule has 3 rings (SSSR count). The quantitative estimate of drug-likeness (QED) is 0.696. The van der Waals surface area contributed by atoms with E-state index in [1.807, 2.05) is 23.9 Å². The molecule has 27 heavy (non-hydrogen) atoms. The summed E-state index contributed by atoms with van der Waals surface area (Å²) >= 11 is 3.35. The number of hydrogen-bond acceptors (Lipinski definition) is 4. The molecule has 2 aromatic rings. The maximum absolute atomic E-state index is 12.7. The van der Waals surface area contributed by atoms with E-state index in [0.717, 1.165) is 12.8 Å². The number of rotatable bonds is 7. The Kier molecular flexibility index (Phi) is 6.33. The molecule has 1 saturated heterocycles. The van der Waals surface area contributed by atoms with Crippen molar-refractivity contribution in [2.45, 2.75) is 31.2 Å². The van der Waals surface area contributed by atoms with Crippen molar-refractivity contribution in [2.75, 3.05) is 19.6 Å². The first-order valence-electron chi connectivity index (χ1n) is 8.93. The smallest absolute Gasteiger partial charge is 0.252 e. The van der Waals surface area contributed by atoms with E-state index >= 15 is 0 Å². The van der Waals surface area contributed by atoms with E-state index in [1.165, 1.54) is 16.4 Å². The highest BCUT2D eigenvalue weighted by Gasteiger charge is 2.28. The van der Waals surface area contributed by atoms with Crippen LogP contribution in [-0.4, -0.2) is 48.0 Å². The van der Waals surface area contributed by atoms with Gasteiger partial charge in [-0.15, -0.1) is 0 Å². The summed E-state index contributed by atoms with van der Waals surface area (Å²) in [5, 5.41) is 7.04. The average Bonchev–Trinajstić information content (AvgIpc) is 3.34. The van der Waals surface area contributed by atoms with Crippen LogP contribution < -0.4 is 5.32 Å². The van der Waals surface area contributed by atoms with Gasteiger partial charge in [0.25, 0.3) is 5.91 Å². The van der Waals surface area contributed by atoms with E-state index < -0.39 is 10.0 Å². The predicted molar refractivity (Wildman–Crippen MR) is 106 cm³/mol. The third-order valence-corrected chi connectivity index (χ3v) is 7.14. The van der Waals surface area contributed by atoms with Crippen LogP contribution in [0.4, 0.5) is 0 Å². The van der Waals surface area contributed by atoms with Crippen LogP contribution in [0.1, 0.15) is 30.1 Å². The molecule has 1 aromatic heterocycles. The normalized spacial score (nSPS) is 16.4. The fourth-order valence-electron chi connectivity index (χ4n) is 3.07. The van der Waals surface area contributed by atoms with Crippen molar-refractivity contribution in [3.63, 3.8) is 0 Å². The Hall–Kier alpha value is -1.71. The summed E-state index contributed by atoms with van der Waals surface area (Å²) in [7, 11) is -3.56. The van der Waals surface area contributed by atoms with Crippen LogP contribution in [0, 0.1) is 5.92 Å². The number of nitrogens with zero attached hydrogens (tertiary/aromatic N) is 3. The summed E-state index contributed by atoms with van der Waals surface area (Å²) in [4.78, 5) is 12.8. The minimum absolute atomic E-state index is 0.155. The first-order valence-corrected chi connectivity index (χ1v) is 11.2. The topological polar surface area (TPSA) is 84.3 Å². The Morgan fingerprint density at radius 1 is 1.33 bits per heavy atom. The first-order chi connectivity index (χ1) is 12.9. The van der Waals surface area contributed by atoms with Gasteiger partial charge in [-0.05, 0) is 59.0 Å². The molecular weight excluding hydrogens is 432 g/mol. The standard InChI is InChI=1S/C18H23BrN4O3S/c1-14(13-22-8-4-7-21-22)12-20-18(24)16-11-15(5-6-17(16)19)27(25,26)23-9-2-3-10-23/h4-8,11,14H,2-3,9-10,12-13H2,1H3,(H,20,24). The molecule has 1 unspecified atom stereocenters. The van der Waals surface area contributed by atoms with Crippen molar-refractivity contribution >= 4 is 31.9 Å². The van der Waals surface area contributed by atoms with Crippen LogP contribution in [0.15, 0.2) is 46.0 Å². The number of carbonyl (C=O) groups excluding carboxylic acids is 1. The van der Waals surface area contributed by atoms with Crippen molar-refractivity contribution < 1.29 is 13.2 Å². The zero-order chi connectivity index (χ0) is 19.4. The van der Waals surface area contributed by atoms with E-state index in [-0.39, 0.29) is 16.7 Å². The number of nitrogens with one attached hydrogen (secondary N) is 1. The number of amides is 1. The van der Waals surface area contributed by atoms with Crippen LogP contribution in [0.3, 0.4) is 0 Å². The van der Waals surface area contributed by atoms with Crippen molar-refractivity contribution in [1.82, 2.24) is 19.4 Å². The average molecular weight is 455 g/mol. The summed E-state index contributed by atoms with van der Waals surface area (Å²) in [6.45, 7) is 4.24. The van der Waals surface area contributed by atoms with Crippen molar-refractivity contribution in [2.24, 2.45) is 5.92 Å². The molecule has 1 aromatic carbocycles. The van der Waals surface area contributed by atoms with Gasteiger partial charge in [0.05, 0.1) is 10.5 Å². The predicted octanol–water partition coefficient (Wildman–Crippen LogP) is 2.50. The zero-order valence-electron chi connectivity index (χ0n) is 15.1. The second-order valence-corrected chi connectivity index (χ2v) is 9.59. The van der Waals surface area contributed by atoms with E-state index in [1.54, 1.807) is 12.3 Å². The summed E-state index contributed by atoms with van der Waals surface area (Å²) in [6, 6.07) is 6.46. The Morgan fingerprint density at radius 3 is 2.74 bits per heavy atom. The third-order valence-electron chi connectivity index (χ3n) is 4.55. The fourth-order valence-corrected chi connectivity index (χ4v) is 5.04. The Balaban J connectivity index is 1.69. The summed E-state index contributed by atoms with van der Waals surface area (Å²) < 4.78 is 29.3. The molecule has 0 radical (unpaired) electrons. The molecule has 1 atom stereocenters. The van der Waals surface area contributed by atoms with Crippen molar-refractivity contribution in [1.29, 1.82) is 0 Å². The van der Waals surface area contributed by atoms with Gasteiger partial charge in [-0.3, -0.25) is 9.48 Å². The number of benzene rings is 1. The van der Waals surface area contributed by atoms with E-state index in [9.17, 15) is 13.2 Å². The highest BCUT2D eigenvalue weighted by molar-refractivity contribution is 9.10. The minimum Gasteiger partial charge on any atom is -0.352 e. The van der Waals surface area contributed by atoms with Crippen LogP contribution in [0.25, 0.3) is 0 Å². The Labute approximate surface area is 167 Å². The lowest BCUT2D eigenvalue weighted by Gasteiger charge is -2.17. The number of aromatic nitrogens is 2. The van der Waals surface area contributed by atoms with Crippen LogP contribution in [-0.2, 0) is 16.6 Å². The molecule has 0 aliphatic carbocycles. The summed E-state index contributed by atoms with van der Waals surface area (Å²) in [5.74, 6) is -0.114. The first kappa shape index (κ1) is 20.0. The van der Waals surface area contributed by atoms with Gasteiger partial charge in [0.15, 0.2) is 0 Å². The molecule has 2 heterocycles. The van der Waals surface area contributed by atoms with Gasteiger partial charge in [-0.25, -0.2) is 8.42 Å². The lowest BCUT2D eigenvalue weighted by atomic mass is 10.1. The van der Waals surface area contributed by atoms with Gasteiger partial charge >= 0.3 is 0 Å². The number of hydrogen-bond donors (Lipinski definition) is 1. The maximum Gasteiger partial charge on any atom is 0.252 e. The van der Waals surface area contributed by atoms with Gasteiger partial charge in [0.1, 0.15) is 0 Å². The molecular formula is C18H23BrN4O3S. The highest BCUT2D eigenvalue weighted by atomic mass is 79.9. The molecule has 0 bridgehead atoms. The Morgan fingerprint density at radius 2 is 2.07 bits per heavy atom. The maximum atomic E-state index is 12.7. The largest absolute Gasteiger partial charge is 0.352 e. The molecule has 1 aliphatic rings. The number of carbonyl (C=O) groups is 1. The molecule has 7 nitrogen and oxygen atoms in total. The molecule has 146 valence electrons. The molecule has 0 spiro atoms. The molecule has 0 saturated carbocycles. The van der Waals surface area contributed by atoms with Gasteiger partial charge < -0.3 is 5.32 Å². The van der Waals surface area contributed by atoms with Crippen molar-refractivity contribution in [3.05, 3.63) is 46.7 Å². The zero-order valence-corrected chi connectivity index (χ0v) is 17.5. The van der Waals surface area contributed by atoms with Gasteiger partial charge in [-0.2, -0.15) is 9.40 Å². The summed E-state index contributed by atoms with van der Waals surface area (Å²) in [5.41, 5.74) is 0.321. The summed E-state index contributed by atoms with van der Waals surface area (Å²) in [6.07, 6.45) is 5.34. The lowest BCUT2D eigenvalue weighted by Crippen LogP contribution is -2.31. The monoisotopic (exact) mass is 454 g/mol. The van der Waals surface area contributed by atoms with E-state index in [2.05, 4.69) is 26.3 Å². The van der Waals surface area contributed by atoms with Crippen molar-refractivity contribution in [3.8, 4) is 0 Å². The van der Waals surface area contributed by atoms with E-state index in [4.69, 9.17) is 0 Å². The third kappa shape index (κ3) is 4.77. The SMILES string of the molecule is CC(CNC(=O)c1cc(S(=O)(=O)N2CCCC2)ccc1Br)Cn1cccn1. The van der Waals surface area contributed by atoms with Crippen LogP contribution in [0.2, 0.25) is 0 Å². The second kappa shape index (κ2) is 8.53. The Bertz CT molecular complexity index is 893. The van der Waals surface area contributed by atoms with Gasteiger partial charge in [0, 0.05) is 43.0 Å². The molecule has 1 aliphatic heterocycles. The number of sulfonamides is 1. The molecule has 9 heteroatoms. The number of halogens is 1. The molecule has 1 fully saturated rings. The molecule has 1 amide bonds. The van der Waals surface area contributed by atoms with E-state index in [0.29, 0.717) is 36.2 Å². The van der Waals surface area contributed by atoms with Crippen LogP contribution >= 0.6 is 15.9 Å². The van der Waals surface area contributed by atoms with Gasteiger partial charge in [-0.1, -0.05) is 6.92 Å². The van der Waals surface area contributed by atoms with Gasteiger partial charge in [0.2, 0.25) is 10.0 Å². The second-order valence-electron chi connectivity index (χ2n) is 6.80. The minimum atomic E-state index is -3.56. The fraction of sp³-hybridized carbons (Fsp3) is 0.444. The molecule has 1 N–H and O–H groups in total. The highest BCUT2D eigenvalue weighted by Crippen LogP contribution is 2.25. The van der Waals surface area contributed by atoms with Crippen LogP contribution in [0.5, 0.6) is 0 Å².